The van der Waals surface area contributed by atoms with Crippen molar-refractivity contribution >= 4 is 21.9 Å². The second kappa shape index (κ2) is 7.09. The van der Waals surface area contributed by atoms with Gasteiger partial charge in [0.25, 0.3) is 0 Å². The first-order valence-corrected chi connectivity index (χ1v) is 6.01. The van der Waals surface area contributed by atoms with E-state index in [1.807, 2.05) is 24.3 Å². The Bertz CT molecular complexity index is 406. The SMILES string of the molecule is C=CCNC(N)=NC[C@@H](O)c1cccc(Br)c1. The molecule has 0 aliphatic heterocycles. The third-order valence-corrected chi connectivity index (χ3v) is 2.59. The van der Waals surface area contributed by atoms with Gasteiger partial charge in [-0.3, -0.25) is 4.99 Å². The maximum atomic E-state index is 9.89. The summed E-state index contributed by atoms with van der Waals surface area (Å²) in [6.07, 6.45) is 1.03. The van der Waals surface area contributed by atoms with Gasteiger partial charge >= 0.3 is 0 Å². The zero-order valence-corrected chi connectivity index (χ0v) is 11.0. The summed E-state index contributed by atoms with van der Waals surface area (Å²) in [7, 11) is 0. The number of hydrogen-bond acceptors (Lipinski definition) is 2. The number of hydrogen-bond donors (Lipinski definition) is 3. The summed E-state index contributed by atoms with van der Waals surface area (Å²) < 4.78 is 0.927. The number of nitrogens with zero attached hydrogens (tertiary/aromatic N) is 1. The minimum Gasteiger partial charge on any atom is -0.386 e. The summed E-state index contributed by atoms with van der Waals surface area (Å²) in [6, 6.07) is 7.47. The Morgan fingerprint density at radius 1 is 1.65 bits per heavy atom. The van der Waals surface area contributed by atoms with Crippen LogP contribution in [0.15, 0.2) is 46.4 Å². The van der Waals surface area contributed by atoms with Crippen molar-refractivity contribution in [1.82, 2.24) is 5.32 Å². The van der Waals surface area contributed by atoms with Crippen LogP contribution in [0, 0.1) is 0 Å². The summed E-state index contributed by atoms with van der Waals surface area (Å²) in [4.78, 5) is 4.04. The average molecular weight is 298 g/mol. The van der Waals surface area contributed by atoms with Crippen LogP contribution in [0.3, 0.4) is 0 Å². The van der Waals surface area contributed by atoms with Gasteiger partial charge in [0, 0.05) is 11.0 Å². The van der Waals surface area contributed by atoms with Gasteiger partial charge in [0.05, 0.1) is 12.6 Å². The molecule has 17 heavy (non-hydrogen) atoms. The third-order valence-electron chi connectivity index (χ3n) is 2.10. The van der Waals surface area contributed by atoms with E-state index in [0.717, 1.165) is 10.0 Å². The van der Waals surface area contributed by atoms with Gasteiger partial charge in [-0.05, 0) is 17.7 Å². The number of nitrogens with two attached hydrogens (primary N) is 1. The van der Waals surface area contributed by atoms with E-state index in [9.17, 15) is 5.11 Å². The molecule has 1 aromatic carbocycles. The Labute approximate surface area is 109 Å². The molecule has 0 heterocycles. The lowest BCUT2D eigenvalue weighted by atomic mass is 10.1. The largest absolute Gasteiger partial charge is 0.386 e. The number of aliphatic hydroxyl groups excluding tert-OH is 1. The Kier molecular flexibility index (Phi) is 5.72. The van der Waals surface area contributed by atoms with Crippen LogP contribution in [0.1, 0.15) is 11.7 Å². The van der Waals surface area contributed by atoms with Crippen LogP contribution >= 0.6 is 15.9 Å². The highest BCUT2D eigenvalue weighted by molar-refractivity contribution is 9.10. The summed E-state index contributed by atoms with van der Waals surface area (Å²) in [5.41, 5.74) is 6.39. The fourth-order valence-electron chi connectivity index (χ4n) is 1.24. The third kappa shape index (κ3) is 5.01. The van der Waals surface area contributed by atoms with Gasteiger partial charge in [-0.2, -0.15) is 0 Å². The van der Waals surface area contributed by atoms with Gasteiger partial charge < -0.3 is 16.2 Å². The second-order valence-electron chi connectivity index (χ2n) is 3.47. The van der Waals surface area contributed by atoms with Crippen LogP contribution in [0.4, 0.5) is 0 Å². The number of rotatable bonds is 5. The molecule has 1 aromatic rings. The van der Waals surface area contributed by atoms with Gasteiger partial charge in [-0.1, -0.05) is 34.1 Å². The van der Waals surface area contributed by atoms with Crippen LogP contribution in [0.2, 0.25) is 0 Å². The van der Waals surface area contributed by atoms with Crippen molar-refractivity contribution in [1.29, 1.82) is 0 Å². The molecule has 0 saturated carbocycles. The highest BCUT2D eigenvalue weighted by Gasteiger charge is 2.06. The molecule has 0 aliphatic carbocycles. The topological polar surface area (TPSA) is 70.6 Å². The quantitative estimate of drug-likeness (QED) is 0.439. The number of guanidine groups is 1. The van der Waals surface area contributed by atoms with E-state index in [0.29, 0.717) is 12.5 Å². The van der Waals surface area contributed by atoms with Crippen molar-refractivity contribution in [3.63, 3.8) is 0 Å². The van der Waals surface area contributed by atoms with Crippen molar-refractivity contribution in [2.24, 2.45) is 10.7 Å². The highest BCUT2D eigenvalue weighted by atomic mass is 79.9. The van der Waals surface area contributed by atoms with Crippen molar-refractivity contribution in [3.8, 4) is 0 Å². The molecule has 0 amide bonds. The molecular weight excluding hydrogens is 282 g/mol. The van der Waals surface area contributed by atoms with E-state index in [1.54, 1.807) is 6.08 Å². The van der Waals surface area contributed by atoms with Crippen LogP contribution in [-0.4, -0.2) is 24.2 Å². The minimum atomic E-state index is -0.656. The normalized spacial score (nSPS) is 13.2. The molecular formula is C12H16BrN3O. The smallest absolute Gasteiger partial charge is 0.188 e. The Hall–Kier alpha value is -1.33. The lowest BCUT2D eigenvalue weighted by Gasteiger charge is -2.09. The summed E-state index contributed by atoms with van der Waals surface area (Å²) in [6.45, 7) is 4.34. The zero-order chi connectivity index (χ0) is 12.7. The van der Waals surface area contributed by atoms with Crippen LogP contribution < -0.4 is 11.1 Å². The first-order chi connectivity index (χ1) is 8.13. The molecule has 1 rings (SSSR count). The first kappa shape index (κ1) is 13.7. The molecule has 92 valence electrons. The predicted molar refractivity (Wildman–Crippen MR) is 73.8 cm³/mol. The molecule has 5 heteroatoms. The number of nitrogens with one attached hydrogen (secondary N) is 1. The van der Waals surface area contributed by atoms with Crippen molar-refractivity contribution in [2.75, 3.05) is 13.1 Å². The standard InChI is InChI=1S/C12H16BrN3O/c1-2-6-15-12(14)16-8-11(17)9-4-3-5-10(13)7-9/h2-5,7,11,17H,1,6,8H2,(H3,14,15,16)/t11-/m1/s1. The molecule has 0 bridgehead atoms. The van der Waals surface area contributed by atoms with Gasteiger partial charge in [0.1, 0.15) is 0 Å². The van der Waals surface area contributed by atoms with Gasteiger partial charge in [0.2, 0.25) is 0 Å². The van der Waals surface area contributed by atoms with E-state index in [4.69, 9.17) is 5.73 Å². The van der Waals surface area contributed by atoms with Crippen LogP contribution in [0.5, 0.6) is 0 Å². The van der Waals surface area contributed by atoms with E-state index in [1.165, 1.54) is 0 Å². The minimum absolute atomic E-state index is 0.229. The Balaban J connectivity index is 2.54. The summed E-state index contributed by atoms with van der Waals surface area (Å²) in [5, 5.41) is 12.7. The first-order valence-electron chi connectivity index (χ1n) is 5.21. The van der Waals surface area contributed by atoms with Gasteiger partial charge in [-0.25, -0.2) is 0 Å². The monoisotopic (exact) mass is 297 g/mol. The maximum Gasteiger partial charge on any atom is 0.188 e. The highest BCUT2D eigenvalue weighted by Crippen LogP contribution is 2.18. The van der Waals surface area contributed by atoms with E-state index >= 15 is 0 Å². The molecule has 4 N–H and O–H groups in total. The van der Waals surface area contributed by atoms with E-state index in [2.05, 4.69) is 32.8 Å². The number of aliphatic hydroxyl groups is 1. The molecule has 1 atom stereocenters. The lowest BCUT2D eigenvalue weighted by molar-refractivity contribution is 0.187. The predicted octanol–water partition coefficient (Wildman–Crippen LogP) is 1.57. The van der Waals surface area contributed by atoms with Crippen LogP contribution in [0.25, 0.3) is 0 Å². The average Bonchev–Trinajstić information content (AvgIpc) is 2.33. The maximum absolute atomic E-state index is 9.89. The lowest BCUT2D eigenvalue weighted by Crippen LogP contribution is -2.32. The second-order valence-corrected chi connectivity index (χ2v) is 4.38. The fraction of sp³-hybridized carbons (Fsp3) is 0.250. The molecule has 0 saturated heterocycles. The van der Waals surface area contributed by atoms with Crippen LogP contribution in [-0.2, 0) is 0 Å². The Morgan fingerprint density at radius 3 is 3.06 bits per heavy atom. The molecule has 0 aromatic heterocycles. The van der Waals surface area contributed by atoms with E-state index < -0.39 is 6.10 Å². The molecule has 0 aliphatic rings. The molecule has 0 fully saturated rings. The fourth-order valence-corrected chi connectivity index (χ4v) is 1.65. The van der Waals surface area contributed by atoms with E-state index in [-0.39, 0.29) is 6.54 Å². The number of halogens is 1. The number of aliphatic imine (C=N–C) groups is 1. The summed E-state index contributed by atoms with van der Waals surface area (Å²) in [5.74, 6) is 0.305. The molecule has 0 unspecified atom stereocenters. The zero-order valence-electron chi connectivity index (χ0n) is 9.44. The Morgan fingerprint density at radius 2 is 2.41 bits per heavy atom. The molecule has 4 nitrogen and oxygen atoms in total. The molecule has 0 radical (unpaired) electrons. The van der Waals surface area contributed by atoms with Gasteiger partial charge in [0.15, 0.2) is 5.96 Å². The molecule has 0 spiro atoms. The summed E-state index contributed by atoms with van der Waals surface area (Å²) >= 11 is 3.35. The van der Waals surface area contributed by atoms with Crippen molar-refractivity contribution < 1.29 is 5.11 Å². The number of benzene rings is 1. The van der Waals surface area contributed by atoms with Crippen molar-refractivity contribution in [3.05, 3.63) is 47.0 Å². The van der Waals surface area contributed by atoms with Gasteiger partial charge in [-0.15, -0.1) is 6.58 Å². The van der Waals surface area contributed by atoms with Crippen molar-refractivity contribution in [2.45, 2.75) is 6.10 Å².